The molecule has 0 bridgehead atoms. The molecule has 5 heteroatoms. The number of aromatic nitrogens is 1. The average Bonchev–Trinajstić information content (AvgIpc) is 3.18. The average molecular weight is 401 g/mol. The summed E-state index contributed by atoms with van der Waals surface area (Å²) >= 11 is 1.66. The molecule has 1 atom stereocenters. The molecule has 0 amide bonds. The molecular weight excluding hydrogens is 380 g/mol. The van der Waals surface area contributed by atoms with E-state index in [2.05, 4.69) is 17.1 Å². The third-order valence-electron chi connectivity index (χ3n) is 5.06. The zero-order chi connectivity index (χ0) is 20.4. The van der Waals surface area contributed by atoms with Crippen molar-refractivity contribution in [2.24, 2.45) is 0 Å². The summed E-state index contributed by atoms with van der Waals surface area (Å²) < 4.78 is 6.18. The van der Waals surface area contributed by atoms with E-state index in [-0.39, 0.29) is 11.9 Å². The van der Waals surface area contributed by atoms with E-state index in [9.17, 15) is 10.1 Å². The molecule has 0 spiro atoms. The number of ether oxygens (including phenoxy) is 1. The maximum absolute atomic E-state index is 11.9. The Balaban J connectivity index is 1.82. The first-order valence-electron chi connectivity index (χ1n) is 9.57. The molecule has 2 aromatic heterocycles. The quantitative estimate of drug-likeness (QED) is 0.383. The molecule has 2 aromatic carbocycles. The number of nitrogens with zero attached hydrogens (tertiary/aromatic N) is 2. The maximum Gasteiger partial charge on any atom is 0.306 e. The van der Waals surface area contributed by atoms with Gasteiger partial charge in [-0.15, -0.1) is 11.3 Å². The van der Waals surface area contributed by atoms with Crippen LogP contribution in [0.5, 0.6) is 0 Å². The number of carbonyl (C=O) groups is 1. The van der Waals surface area contributed by atoms with E-state index in [0.29, 0.717) is 18.6 Å². The van der Waals surface area contributed by atoms with Gasteiger partial charge in [0.25, 0.3) is 0 Å². The lowest BCUT2D eigenvalue weighted by Gasteiger charge is -2.09. The number of hydrogen-bond donors (Lipinski definition) is 0. The lowest BCUT2D eigenvalue weighted by atomic mass is 9.94. The van der Waals surface area contributed by atoms with Gasteiger partial charge in [-0.25, -0.2) is 0 Å². The fourth-order valence-electron chi connectivity index (χ4n) is 3.64. The van der Waals surface area contributed by atoms with Crippen LogP contribution in [0.1, 0.15) is 36.6 Å². The van der Waals surface area contributed by atoms with Crippen molar-refractivity contribution >= 4 is 38.2 Å². The molecule has 0 fully saturated rings. The molecule has 4 nitrogen and oxygen atoms in total. The SMILES string of the molecule is CCOC(=O)C[C@H](C)c1cc2c(-c3ccc(C#N)c4ccccc34)cncc2s1. The van der Waals surface area contributed by atoms with Crippen molar-refractivity contribution in [2.75, 3.05) is 6.61 Å². The number of hydrogen-bond acceptors (Lipinski definition) is 5. The van der Waals surface area contributed by atoms with E-state index in [1.165, 1.54) is 0 Å². The van der Waals surface area contributed by atoms with Crippen LogP contribution in [0.3, 0.4) is 0 Å². The minimum Gasteiger partial charge on any atom is -0.466 e. The molecule has 0 aliphatic carbocycles. The predicted octanol–water partition coefficient (Wildman–Crippen LogP) is 6.04. The molecule has 0 aliphatic heterocycles. The van der Waals surface area contributed by atoms with Crippen molar-refractivity contribution in [3.05, 3.63) is 65.3 Å². The smallest absolute Gasteiger partial charge is 0.306 e. The normalized spacial score (nSPS) is 12.0. The van der Waals surface area contributed by atoms with Crippen molar-refractivity contribution < 1.29 is 9.53 Å². The van der Waals surface area contributed by atoms with Crippen molar-refractivity contribution in [1.82, 2.24) is 4.98 Å². The summed E-state index contributed by atoms with van der Waals surface area (Å²) in [5, 5.41) is 12.5. The third kappa shape index (κ3) is 3.59. The van der Waals surface area contributed by atoms with Gasteiger partial charge < -0.3 is 4.74 Å². The third-order valence-corrected chi connectivity index (χ3v) is 6.37. The highest BCUT2D eigenvalue weighted by atomic mass is 32.1. The van der Waals surface area contributed by atoms with Gasteiger partial charge in [-0.05, 0) is 30.0 Å². The van der Waals surface area contributed by atoms with Gasteiger partial charge in [0, 0.05) is 39.5 Å². The van der Waals surface area contributed by atoms with Crippen LogP contribution < -0.4 is 0 Å². The number of rotatable bonds is 5. The predicted molar refractivity (Wildman–Crippen MR) is 117 cm³/mol. The lowest BCUT2D eigenvalue weighted by Crippen LogP contribution is -2.07. The summed E-state index contributed by atoms with van der Waals surface area (Å²) in [6, 6.07) is 16.3. The molecular formula is C24H20N2O2S. The van der Waals surface area contributed by atoms with Gasteiger partial charge in [-0.3, -0.25) is 9.78 Å². The fourth-order valence-corrected chi connectivity index (χ4v) is 4.75. The van der Waals surface area contributed by atoms with Gasteiger partial charge in [-0.2, -0.15) is 5.26 Å². The van der Waals surface area contributed by atoms with E-state index >= 15 is 0 Å². The maximum atomic E-state index is 11.9. The zero-order valence-corrected chi connectivity index (χ0v) is 17.1. The van der Waals surface area contributed by atoms with Gasteiger partial charge >= 0.3 is 5.97 Å². The minimum atomic E-state index is -0.172. The Hall–Kier alpha value is -3.23. The standard InChI is InChI=1S/C24H20N2O2S/c1-3-28-24(27)10-15(2)22-11-20-21(13-26-14-23(20)29-22)19-9-8-16(12-25)17-6-4-5-7-18(17)19/h4-9,11,13-15H,3,10H2,1-2H3/t15-/m0/s1. The highest BCUT2D eigenvalue weighted by Crippen LogP contribution is 2.39. The Morgan fingerprint density at radius 2 is 1.93 bits per heavy atom. The number of pyridine rings is 1. The summed E-state index contributed by atoms with van der Waals surface area (Å²) in [6.07, 6.45) is 4.11. The first-order chi connectivity index (χ1) is 14.1. The van der Waals surface area contributed by atoms with Gasteiger partial charge in [0.05, 0.1) is 29.4 Å². The first kappa shape index (κ1) is 19.1. The van der Waals surface area contributed by atoms with Gasteiger partial charge in [0.15, 0.2) is 0 Å². The lowest BCUT2D eigenvalue weighted by molar-refractivity contribution is -0.143. The summed E-state index contributed by atoms with van der Waals surface area (Å²) in [5.74, 6) is -0.0918. The number of thiophene rings is 1. The van der Waals surface area contributed by atoms with Crippen molar-refractivity contribution in [2.45, 2.75) is 26.2 Å². The van der Waals surface area contributed by atoms with E-state index in [1.807, 2.05) is 62.6 Å². The summed E-state index contributed by atoms with van der Waals surface area (Å²) in [7, 11) is 0. The van der Waals surface area contributed by atoms with Gasteiger partial charge in [-0.1, -0.05) is 37.3 Å². The molecule has 29 heavy (non-hydrogen) atoms. The van der Waals surface area contributed by atoms with E-state index in [1.54, 1.807) is 11.3 Å². The van der Waals surface area contributed by atoms with Crippen LogP contribution >= 0.6 is 11.3 Å². The first-order valence-corrected chi connectivity index (χ1v) is 10.4. The van der Waals surface area contributed by atoms with E-state index in [0.717, 1.165) is 36.9 Å². The van der Waals surface area contributed by atoms with Crippen LogP contribution in [-0.4, -0.2) is 17.6 Å². The highest BCUT2D eigenvalue weighted by molar-refractivity contribution is 7.19. The summed E-state index contributed by atoms with van der Waals surface area (Å²) in [4.78, 5) is 17.5. The Morgan fingerprint density at radius 3 is 2.69 bits per heavy atom. The largest absolute Gasteiger partial charge is 0.466 e. The minimum absolute atomic E-state index is 0.0806. The highest BCUT2D eigenvalue weighted by Gasteiger charge is 2.17. The molecule has 0 N–H and O–H groups in total. The number of fused-ring (bicyclic) bond motifs is 2. The fraction of sp³-hybridized carbons (Fsp3) is 0.208. The summed E-state index contributed by atoms with van der Waals surface area (Å²) in [6.45, 7) is 4.27. The second-order valence-electron chi connectivity index (χ2n) is 6.98. The molecule has 0 saturated carbocycles. The Kier molecular flexibility index (Phi) is 5.28. The van der Waals surface area contributed by atoms with Gasteiger partial charge in [0.1, 0.15) is 0 Å². The molecule has 144 valence electrons. The second kappa shape index (κ2) is 8.02. The van der Waals surface area contributed by atoms with Crippen LogP contribution in [0.4, 0.5) is 0 Å². The van der Waals surface area contributed by atoms with Crippen LogP contribution in [0.25, 0.3) is 32.0 Å². The Labute approximate surface area is 173 Å². The summed E-state index contributed by atoms with van der Waals surface area (Å²) in [5.41, 5.74) is 2.76. The Bertz CT molecular complexity index is 1250. The number of benzene rings is 2. The van der Waals surface area contributed by atoms with Crippen LogP contribution in [0.2, 0.25) is 0 Å². The van der Waals surface area contributed by atoms with E-state index in [4.69, 9.17) is 4.74 Å². The Morgan fingerprint density at radius 1 is 1.14 bits per heavy atom. The number of carbonyl (C=O) groups excluding carboxylic acids is 1. The molecule has 0 unspecified atom stereocenters. The molecule has 2 heterocycles. The molecule has 0 aliphatic rings. The number of nitriles is 1. The second-order valence-corrected chi connectivity index (χ2v) is 8.09. The van der Waals surface area contributed by atoms with Crippen molar-refractivity contribution in [3.63, 3.8) is 0 Å². The van der Waals surface area contributed by atoms with Crippen LogP contribution in [0.15, 0.2) is 54.9 Å². The van der Waals surface area contributed by atoms with Crippen LogP contribution in [0, 0.1) is 11.3 Å². The zero-order valence-electron chi connectivity index (χ0n) is 16.3. The van der Waals surface area contributed by atoms with Gasteiger partial charge in [0.2, 0.25) is 0 Å². The monoisotopic (exact) mass is 400 g/mol. The number of esters is 1. The van der Waals surface area contributed by atoms with Crippen LogP contribution in [-0.2, 0) is 9.53 Å². The topological polar surface area (TPSA) is 63.0 Å². The van der Waals surface area contributed by atoms with E-state index < -0.39 is 0 Å². The molecule has 0 radical (unpaired) electrons. The molecule has 0 saturated heterocycles. The molecule has 4 rings (SSSR count). The van der Waals surface area contributed by atoms with Crippen molar-refractivity contribution in [1.29, 1.82) is 5.26 Å². The van der Waals surface area contributed by atoms with Crippen molar-refractivity contribution in [3.8, 4) is 17.2 Å². The molecule has 4 aromatic rings.